The second-order valence-corrected chi connectivity index (χ2v) is 6.69. The highest BCUT2D eigenvalue weighted by atomic mass is 19.4. The van der Waals surface area contributed by atoms with Crippen LogP contribution < -0.4 is 5.32 Å². The Balaban J connectivity index is 1.59. The van der Waals surface area contributed by atoms with Gasteiger partial charge in [-0.1, -0.05) is 11.3 Å². The highest BCUT2D eigenvalue weighted by molar-refractivity contribution is 5.92. The molecule has 2 aromatic rings. The summed E-state index contributed by atoms with van der Waals surface area (Å²) < 4.78 is 39.8. The number of nitrogens with one attached hydrogen (secondary N) is 1. The maximum absolute atomic E-state index is 12.9. The van der Waals surface area contributed by atoms with Crippen molar-refractivity contribution in [1.29, 1.82) is 0 Å². The minimum absolute atomic E-state index is 0.133. The number of amides is 1. The number of rotatable bonds is 2. The first-order chi connectivity index (χ1) is 12.4. The van der Waals surface area contributed by atoms with Gasteiger partial charge in [0.1, 0.15) is 0 Å². The molecule has 1 aromatic heterocycles. The van der Waals surface area contributed by atoms with E-state index < -0.39 is 11.7 Å². The van der Waals surface area contributed by atoms with E-state index in [4.69, 9.17) is 0 Å². The molecule has 2 aliphatic heterocycles. The van der Waals surface area contributed by atoms with Crippen LogP contribution >= 0.6 is 0 Å². The van der Waals surface area contributed by atoms with Gasteiger partial charge in [-0.25, -0.2) is 4.68 Å². The molecule has 6 nitrogen and oxygen atoms in total. The standard InChI is InChI=1S/C17H18F3N5O/c18-17(19,20)11-2-1-3-13(8-11)24-10-15(22-23-24)16(26)25-12-4-5-14(25)9-21-7-6-12/h1-3,8,10,12,14,21H,4-7,9H2. The number of aromatic nitrogens is 3. The summed E-state index contributed by atoms with van der Waals surface area (Å²) in [5.41, 5.74) is -0.400. The molecular weight excluding hydrogens is 347 g/mol. The summed E-state index contributed by atoms with van der Waals surface area (Å²) in [6.45, 7) is 1.63. The van der Waals surface area contributed by atoms with E-state index in [0.717, 1.165) is 44.5 Å². The number of hydrogen-bond donors (Lipinski definition) is 1. The zero-order valence-corrected chi connectivity index (χ0v) is 13.9. The molecule has 2 fully saturated rings. The molecule has 0 saturated carbocycles. The normalized spacial score (nSPS) is 23.1. The van der Waals surface area contributed by atoms with Gasteiger partial charge in [0.15, 0.2) is 5.69 Å². The van der Waals surface area contributed by atoms with Gasteiger partial charge < -0.3 is 10.2 Å². The third-order valence-corrected chi connectivity index (χ3v) is 5.04. The van der Waals surface area contributed by atoms with Gasteiger partial charge in [-0.2, -0.15) is 13.2 Å². The van der Waals surface area contributed by atoms with Crippen molar-refractivity contribution in [3.8, 4) is 5.69 Å². The molecule has 2 aliphatic rings. The Morgan fingerprint density at radius 2 is 2.00 bits per heavy atom. The summed E-state index contributed by atoms with van der Waals surface area (Å²) in [4.78, 5) is 14.7. The molecule has 1 aromatic carbocycles. The first kappa shape index (κ1) is 17.0. The molecule has 2 saturated heterocycles. The Morgan fingerprint density at radius 3 is 2.81 bits per heavy atom. The molecule has 2 atom stereocenters. The van der Waals surface area contributed by atoms with Crippen LogP contribution in [0.1, 0.15) is 35.3 Å². The van der Waals surface area contributed by atoms with E-state index in [1.165, 1.54) is 23.0 Å². The van der Waals surface area contributed by atoms with Crippen LogP contribution in [0.5, 0.6) is 0 Å². The Bertz CT molecular complexity index is 805. The lowest BCUT2D eigenvalue weighted by Gasteiger charge is -2.26. The fourth-order valence-electron chi connectivity index (χ4n) is 3.76. The zero-order valence-electron chi connectivity index (χ0n) is 13.9. The Labute approximate surface area is 148 Å². The van der Waals surface area contributed by atoms with Gasteiger partial charge in [0.25, 0.3) is 5.91 Å². The third-order valence-electron chi connectivity index (χ3n) is 5.04. The lowest BCUT2D eigenvalue weighted by molar-refractivity contribution is -0.137. The maximum Gasteiger partial charge on any atom is 0.416 e. The number of halogens is 3. The van der Waals surface area contributed by atoms with Crippen LogP contribution in [0, 0.1) is 0 Å². The van der Waals surface area contributed by atoms with E-state index in [9.17, 15) is 18.0 Å². The number of carbonyl (C=O) groups excluding carboxylic acids is 1. The summed E-state index contributed by atoms with van der Waals surface area (Å²) in [6.07, 6.45) is -0.224. The van der Waals surface area contributed by atoms with Crippen LogP contribution in [0.25, 0.3) is 5.69 Å². The highest BCUT2D eigenvalue weighted by Gasteiger charge is 2.39. The van der Waals surface area contributed by atoms with E-state index in [0.29, 0.717) is 0 Å². The van der Waals surface area contributed by atoms with Crippen molar-refractivity contribution in [3.63, 3.8) is 0 Å². The van der Waals surface area contributed by atoms with Gasteiger partial charge in [0.05, 0.1) is 17.4 Å². The van der Waals surface area contributed by atoms with E-state index in [-0.39, 0.29) is 29.4 Å². The summed E-state index contributed by atoms with van der Waals surface area (Å²) in [5, 5.41) is 11.1. The molecule has 138 valence electrons. The van der Waals surface area contributed by atoms with Crippen molar-refractivity contribution in [2.24, 2.45) is 0 Å². The molecule has 9 heteroatoms. The van der Waals surface area contributed by atoms with Crippen LogP contribution in [0.15, 0.2) is 30.5 Å². The van der Waals surface area contributed by atoms with Gasteiger partial charge in [0, 0.05) is 18.6 Å². The number of benzene rings is 1. The second-order valence-electron chi connectivity index (χ2n) is 6.69. The first-order valence-electron chi connectivity index (χ1n) is 8.57. The average molecular weight is 365 g/mol. The van der Waals surface area contributed by atoms with Crippen molar-refractivity contribution in [2.45, 2.75) is 37.5 Å². The lowest BCUT2D eigenvalue weighted by Crippen LogP contribution is -2.42. The fraction of sp³-hybridized carbons (Fsp3) is 0.471. The van der Waals surface area contributed by atoms with Gasteiger partial charge in [-0.15, -0.1) is 5.10 Å². The molecule has 0 spiro atoms. The minimum Gasteiger partial charge on any atom is -0.330 e. The van der Waals surface area contributed by atoms with Crippen LogP contribution in [0.2, 0.25) is 0 Å². The van der Waals surface area contributed by atoms with Gasteiger partial charge in [-0.05, 0) is 44.0 Å². The maximum atomic E-state index is 12.9. The molecule has 0 aliphatic carbocycles. The Kier molecular flexibility index (Phi) is 4.18. The predicted octanol–water partition coefficient (Wildman–Crippen LogP) is 2.25. The van der Waals surface area contributed by atoms with Crippen LogP contribution in [0.3, 0.4) is 0 Å². The molecule has 2 unspecified atom stereocenters. The zero-order chi connectivity index (χ0) is 18.3. The largest absolute Gasteiger partial charge is 0.416 e. The quantitative estimate of drug-likeness (QED) is 0.887. The predicted molar refractivity (Wildman–Crippen MR) is 86.8 cm³/mol. The lowest BCUT2D eigenvalue weighted by atomic mass is 10.1. The Morgan fingerprint density at radius 1 is 1.19 bits per heavy atom. The van der Waals surface area contributed by atoms with Crippen LogP contribution in [-0.4, -0.2) is 51.0 Å². The summed E-state index contributed by atoms with van der Waals surface area (Å²) in [7, 11) is 0. The molecular formula is C17H18F3N5O. The van der Waals surface area contributed by atoms with Gasteiger partial charge in [-0.3, -0.25) is 4.79 Å². The summed E-state index contributed by atoms with van der Waals surface area (Å²) in [6, 6.07) is 5.10. The minimum atomic E-state index is -4.44. The van der Waals surface area contributed by atoms with Crippen molar-refractivity contribution in [2.75, 3.05) is 13.1 Å². The van der Waals surface area contributed by atoms with E-state index in [2.05, 4.69) is 15.6 Å². The number of nitrogens with zero attached hydrogens (tertiary/aromatic N) is 4. The fourth-order valence-corrected chi connectivity index (χ4v) is 3.76. The highest BCUT2D eigenvalue weighted by Crippen LogP contribution is 2.31. The molecule has 4 rings (SSSR count). The molecule has 2 bridgehead atoms. The average Bonchev–Trinajstić information content (AvgIpc) is 3.18. The van der Waals surface area contributed by atoms with Crippen molar-refractivity contribution in [3.05, 3.63) is 41.7 Å². The molecule has 1 amide bonds. The summed E-state index contributed by atoms with van der Waals surface area (Å²) in [5.74, 6) is -0.209. The van der Waals surface area contributed by atoms with E-state index >= 15 is 0 Å². The third kappa shape index (κ3) is 3.07. The second kappa shape index (κ2) is 6.39. The molecule has 3 heterocycles. The van der Waals surface area contributed by atoms with Crippen molar-refractivity contribution >= 4 is 5.91 Å². The van der Waals surface area contributed by atoms with E-state index in [1.54, 1.807) is 0 Å². The van der Waals surface area contributed by atoms with Gasteiger partial charge in [0.2, 0.25) is 0 Å². The topological polar surface area (TPSA) is 63.1 Å². The Hall–Kier alpha value is -2.42. The first-order valence-corrected chi connectivity index (χ1v) is 8.57. The number of alkyl halides is 3. The van der Waals surface area contributed by atoms with Crippen molar-refractivity contribution in [1.82, 2.24) is 25.2 Å². The number of fused-ring (bicyclic) bond motifs is 2. The van der Waals surface area contributed by atoms with Crippen LogP contribution in [0.4, 0.5) is 13.2 Å². The molecule has 1 N–H and O–H groups in total. The summed E-state index contributed by atoms with van der Waals surface area (Å²) >= 11 is 0. The number of hydrogen-bond acceptors (Lipinski definition) is 4. The van der Waals surface area contributed by atoms with Crippen molar-refractivity contribution < 1.29 is 18.0 Å². The van der Waals surface area contributed by atoms with Gasteiger partial charge >= 0.3 is 6.18 Å². The molecule has 0 radical (unpaired) electrons. The number of carbonyl (C=O) groups is 1. The van der Waals surface area contributed by atoms with Crippen LogP contribution in [-0.2, 0) is 6.18 Å². The molecule has 26 heavy (non-hydrogen) atoms. The van der Waals surface area contributed by atoms with E-state index in [1.807, 2.05) is 4.90 Å². The SMILES string of the molecule is O=C(c1cn(-c2cccc(C(F)(F)F)c2)nn1)N1C2CCNCC1CC2. The smallest absolute Gasteiger partial charge is 0.330 e. The monoisotopic (exact) mass is 365 g/mol.